The molecular weight excluding hydrogens is 346 g/mol. The number of aromatic nitrogens is 1. The molecule has 0 radical (unpaired) electrons. The molecule has 0 unspecified atom stereocenters. The lowest BCUT2D eigenvalue weighted by Crippen LogP contribution is -2.22. The predicted octanol–water partition coefficient (Wildman–Crippen LogP) is 4.36. The van der Waals surface area contributed by atoms with E-state index in [0.717, 1.165) is 20.8 Å². The van der Waals surface area contributed by atoms with Crippen molar-refractivity contribution in [3.8, 4) is 16.8 Å². The van der Waals surface area contributed by atoms with Gasteiger partial charge in [0.25, 0.3) is 5.91 Å². The normalized spacial score (nSPS) is 10.6. The van der Waals surface area contributed by atoms with E-state index < -0.39 is 0 Å². The summed E-state index contributed by atoms with van der Waals surface area (Å²) in [7, 11) is 0. The van der Waals surface area contributed by atoms with E-state index in [0.29, 0.717) is 17.9 Å². The Morgan fingerprint density at radius 3 is 2.69 bits per heavy atom. The van der Waals surface area contributed by atoms with Gasteiger partial charge in [-0.3, -0.25) is 4.79 Å². The number of para-hydroxylation sites is 1. The zero-order valence-electron chi connectivity index (χ0n) is 13.6. The Hall–Kier alpha value is -3.43. The maximum atomic E-state index is 12.3. The highest BCUT2D eigenvalue weighted by Gasteiger charge is 2.14. The number of thiazole rings is 1. The Morgan fingerprint density at radius 1 is 1.12 bits per heavy atom. The molecule has 6 heteroatoms. The molecule has 0 atom stereocenters. The molecule has 2 aromatic carbocycles. The van der Waals surface area contributed by atoms with Gasteiger partial charge in [0.05, 0.1) is 21.8 Å². The SMILES string of the molecule is N#Cc1ccc(CNC(=O)c2ccc(-c3nc4ccccc4s3)o2)cc1. The first kappa shape index (κ1) is 16.1. The Balaban J connectivity index is 1.46. The van der Waals surface area contributed by atoms with Crippen molar-refractivity contribution in [3.05, 3.63) is 77.6 Å². The van der Waals surface area contributed by atoms with E-state index in [9.17, 15) is 4.79 Å². The van der Waals surface area contributed by atoms with Crippen LogP contribution in [0.25, 0.3) is 21.0 Å². The third-order valence-electron chi connectivity index (χ3n) is 3.87. The summed E-state index contributed by atoms with van der Waals surface area (Å²) in [5.74, 6) is 0.532. The summed E-state index contributed by atoms with van der Waals surface area (Å²) in [6, 6.07) is 20.4. The van der Waals surface area contributed by atoms with Gasteiger partial charge >= 0.3 is 0 Å². The summed E-state index contributed by atoms with van der Waals surface area (Å²) in [5.41, 5.74) is 2.41. The van der Waals surface area contributed by atoms with Crippen LogP contribution in [0.3, 0.4) is 0 Å². The molecular formula is C20H13N3O2S. The van der Waals surface area contributed by atoms with Crippen LogP contribution in [0.15, 0.2) is 65.1 Å². The summed E-state index contributed by atoms with van der Waals surface area (Å²) < 4.78 is 6.75. The Kier molecular flexibility index (Phi) is 4.22. The summed E-state index contributed by atoms with van der Waals surface area (Å²) in [4.78, 5) is 16.8. The number of amides is 1. The number of hydrogen-bond acceptors (Lipinski definition) is 5. The van der Waals surface area contributed by atoms with E-state index >= 15 is 0 Å². The lowest BCUT2D eigenvalue weighted by atomic mass is 10.1. The van der Waals surface area contributed by atoms with Crippen molar-refractivity contribution in [2.24, 2.45) is 0 Å². The molecule has 2 heterocycles. The van der Waals surface area contributed by atoms with E-state index in [-0.39, 0.29) is 11.7 Å². The molecule has 0 saturated heterocycles. The number of nitrogens with zero attached hydrogens (tertiary/aromatic N) is 2. The summed E-state index contributed by atoms with van der Waals surface area (Å²) in [6.45, 7) is 0.363. The second-order valence-corrected chi connectivity index (χ2v) is 6.67. The molecule has 1 N–H and O–H groups in total. The standard InChI is InChI=1S/C20H13N3O2S/c21-11-13-5-7-14(8-6-13)12-22-19(24)16-9-10-17(25-16)20-23-15-3-1-2-4-18(15)26-20/h1-10H,12H2,(H,22,24). The van der Waals surface area contributed by atoms with Crippen LogP contribution in [-0.4, -0.2) is 10.9 Å². The summed E-state index contributed by atoms with van der Waals surface area (Å²) in [5, 5.41) is 12.4. The van der Waals surface area contributed by atoms with Gasteiger partial charge in [-0.25, -0.2) is 4.98 Å². The van der Waals surface area contributed by atoms with Gasteiger partial charge < -0.3 is 9.73 Å². The molecule has 26 heavy (non-hydrogen) atoms. The van der Waals surface area contributed by atoms with Gasteiger partial charge in [-0.2, -0.15) is 5.26 Å². The number of carbonyl (C=O) groups is 1. The van der Waals surface area contributed by atoms with Gasteiger partial charge in [0, 0.05) is 6.54 Å². The molecule has 0 fully saturated rings. The number of nitriles is 1. The fraction of sp³-hybridized carbons (Fsp3) is 0.0500. The molecule has 0 aliphatic carbocycles. The molecule has 0 saturated carbocycles. The Bertz CT molecular complexity index is 1090. The van der Waals surface area contributed by atoms with Crippen molar-refractivity contribution >= 4 is 27.5 Å². The quantitative estimate of drug-likeness (QED) is 0.587. The molecule has 126 valence electrons. The van der Waals surface area contributed by atoms with E-state index in [1.165, 1.54) is 11.3 Å². The maximum absolute atomic E-state index is 12.3. The molecule has 5 nitrogen and oxygen atoms in total. The van der Waals surface area contributed by atoms with E-state index in [1.807, 2.05) is 36.4 Å². The third-order valence-corrected chi connectivity index (χ3v) is 4.92. The van der Waals surface area contributed by atoms with Crippen LogP contribution >= 0.6 is 11.3 Å². The van der Waals surface area contributed by atoms with Crippen molar-refractivity contribution in [2.75, 3.05) is 0 Å². The van der Waals surface area contributed by atoms with Crippen LogP contribution in [0.2, 0.25) is 0 Å². The zero-order chi connectivity index (χ0) is 17.9. The minimum atomic E-state index is -0.290. The fourth-order valence-electron chi connectivity index (χ4n) is 2.52. The minimum absolute atomic E-state index is 0.243. The van der Waals surface area contributed by atoms with Crippen molar-refractivity contribution < 1.29 is 9.21 Å². The van der Waals surface area contributed by atoms with Crippen LogP contribution in [0.4, 0.5) is 0 Å². The fourth-order valence-corrected chi connectivity index (χ4v) is 3.45. The van der Waals surface area contributed by atoms with Crippen LogP contribution in [0.5, 0.6) is 0 Å². The zero-order valence-corrected chi connectivity index (χ0v) is 14.4. The van der Waals surface area contributed by atoms with Crippen molar-refractivity contribution in [1.82, 2.24) is 10.3 Å². The number of fused-ring (bicyclic) bond motifs is 1. The monoisotopic (exact) mass is 359 g/mol. The maximum Gasteiger partial charge on any atom is 0.287 e. The third kappa shape index (κ3) is 3.21. The van der Waals surface area contributed by atoms with Crippen LogP contribution < -0.4 is 5.32 Å². The number of rotatable bonds is 4. The number of furan rings is 1. The number of nitrogens with one attached hydrogen (secondary N) is 1. The Labute approximate surface area is 153 Å². The van der Waals surface area contributed by atoms with Crippen LogP contribution in [-0.2, 0) is 6.54 Å². The first-order valence-corrected chi connectivity index (χ1v) is 8.77. The molecule has 0 aliphatic heterocycles. The Morgan fingerprint density at radius 2 is 1.92 bits per heavy atom. The van der Waals surface area contributed by atoms with Gasteiger partial charge in [0.15, 0.2) is 16.5 Å². The molecule has 2 aromatic heterocycles. The minimum Gasteiger partial charge on any atom is -0.448 e. The average molecular weight is 359 g/mol. The second kappa shape index (κ2) is 6.82. The highest BCUT2D eigenvalue weighted by atomic mass is 32.1. The van der Waals surface area contributed by atoms with Crippen molar-refractivity contribution in [2.45, 2.75) is 6.54 Å². The first-order valence-electron chi connectivity index (χ1n) is 7.96. The van der Waals surface area contributed by atoms with Gasteiger partial charge in [-0.1, -0.05) is 24.3 Å². The number of benzene rings is 2. The molecule has 1 amide bonds. The molecule has 4 rings (SSSR count). The van der Waals surface area contributed by atoms with E-state index in [4.69, 9.17) is 9.68 Å². The van der Waals surface area contributed by atoms with E-state index in [1.54, 1.807) is 24.3 Å². The van der Waals surface area contributed by atoms with Crippen LogP contribution in [0, 0.1) is 11.3 Å². The largest absolute Gasteiger partial charge is 0.448 e. The summed E-state index contributed by atoms with van der Waals surface area (Å²) in [6.07, 6.45) is 0. The van der Waals surface area contributed by atoms with E-state index in [2.05, 4.69) is 16.4 Å². The van der Waals surface area contributed by atoms with Gasteiger partial charge in [0.1, 0.15) is 0 Å². The van der Waals surface area contributed by atoms with Crippen molar-refractivity contribution in [1.29, 1.82) is 5.26 Å². The van der Waals surface area contributed by atoms with Gasteiger partial charge in [0.2, 0.25) is 0 Å². The number of carbonyl (C=O) groups excluding carboxylic acids is 1. The first-order chi connectivity index (χ1) is 12.7. The smallest absolute Gasteiger partial charge is 0.287 e. The molecule has 0 spiro atoms. The van der Waals surface area contributed by atoms with Crippen molar-refractivity contribution in [3.63, 3.8) is 0 Å². The molecule has 0 bridgehead atoms. The lowest BCUT2D eigenvalue weighted by molar-refractivity contribution is 0.0924. The highest BCUT2D eigenvalue weighted by Crippen LogP contribution is 2.31. The topological polar surface area (TPSA) is 78.9 Å². The van der Waals surface area contributed by atoms with Gasteiger partial charge in [-0.15, -0.1) is 11.3 Å². The number of hydrogen-bond donors (Lipinski definition) is 1. The highest BCUT2D eigenvalue weighted by molar-refractivity contribution is 7.21. The molecule has 4 aromatic rings. The average Bonchev–Trinajstić information content (AvgIpc) is 3.33. The summed E-state index contributed by atoms with van der Waals surface area (Å²) >= 11 is 1.53. The lowest BCUT2D eigenvalue weighted by Gasteiger charge is -2.03. The van der Waals surface area contributed by atoms with Gasteiger partial charge in [-0.05, 0) is 42.0 Å². The predicted molar refractivity (Wildman–Crippen MR) is 99.6 cm³/mol. The van der Waals surface area contributed by atoms with Crippen LogP contribution in [0.1, 0.15) is 21.7 Å². The molecule has 0 aliphatic rings. The second-order valence-electron chi connectivity index (χ2n) is 5.64.